The standard InChI is InChI=1S/C20H33NO4.Na.H/c1-2-3-6-11-18(22)15-14-17-10-9-12-19(23)21(17)16-8-5-4-7-13-20(24)25;;/h14-15,17H,2-13,16H2,1H3,(H,24,25);;/q;+1;-1/t17-;;/m1../s1. The molecule has 0 aliphatic carbocycles. The van der Waals surface area contributed by atoms with Crippen molar-refractivity contribution >= 4 is 17.7 Å². The van der Waals surface area contributed by atoms with E-state index in [0.717, 1.165) is 51.4 Å². The van der Waals surface area contributed by atoms with Gasteiger partial charge >= 0.3 is 35.5 Å². The van der Waals surface area contributed by atoms with Crippen LogP contribution in [0.1, 0.15) is 85.4 Å². The van der Waals surface area contributed by atoms with Gasteiger partial charge in [-0.2, -0.15) is 0 Å². The van der Waals surface area contributed by atoms with Crippen LogP contribution in [0, 0.1) is 0 Å². The molecule has 0 aromatic carbocycles. The van der Waals surface area contributed by atoms with Gasteiger partial charge in [-0.1, -0.05) is 38.7 Å². The third-order valence-electron chi connectivity index (χ3n) is 4.68. The Morgan fingerprint density at radius 1 is 1.15 bits per heavy atom. The molecule has 5 nitrogen and oxygen atoms in total. The molecule has 0 radical (unpaired) electrons. The summed E-state index contributed by atoms with van der Waals surface area (Å²) in [4.78, 5) is 36.5. The molecule has 144 valence electrons. The van der Waals surface area contributed by atoms with E-state index in [2.05, 4.69) is 6.92 Å². The summed E-state index contributed by atoms with van der Waals surface area (Å²) in [7, 11) is 0. The van der Waals surface area contributed by atoms with Crippen molar-refractivity contribution < 1.29 is 50.5 Å². The van der Waals surface area contributed by atoms with E-state index in [-0.39, 0.29) is 55.1 Å². The van der Waals surface area contributed by atoms with Crippen molar-refractivity contribution in [2.75, 3.05) is 6.54 Å². The van der Waals surface area contributed by atoms with E-state index in [1.165, 1.54) is 0 Å². The summed E-state index contributed by atoms with van der Waals surface area (Å²) in [6, 6.07) is 0.0374. The molecule has 26 heavy (non-hydrogen) atoms. The Hall–Kier alpha value is -0.650. The molecular formula is C20H34NNaO4. The Bertz CT molecular complexity index is 471. The fraction of sp³-hybridized carbons (Fsp3) is 0.750. The van der Waals surface area contributed by atoms with Gasteiger partial charge in [0.05, 0.1) is 6.04 Å². The number of allylic oxidation sites excluding steroid dienone is 1. The van der Waals surface area contributed by atoms with Gasteiger partial charge in [0.1, 0.15) is 0 Å². The zero-order valence-electron chi connectivity index (χ0n) is 17.5. The molecule has 0 aromatic rings. The van der Waals surface area contributed by atoms with E-state index < -0.39 is 5.97 Å². The molecule has 0 unspecified atom stereocenters. The molecule has 1 atom stereocenters. The van der Waals surface area contributed by atoms with E-state index in [1.54, 1.807) is 6.08 Å². The molecule has 1 N–H and O–H groups in total. The minimum atomic E-state index is -0.750. The minimum absolute atomic E-state index is 0. The second kappa shape index (κ2) is 15.4. The third-order valence-corrected chi connectivity index (χ3v) is 4.68. The molecule has 0 bridgehead atoms. The van der Waals surface area contributed by atoms with Crippen molar-refractivity contribution in [1.82, 2.24) is 4.90 Å². The predicted molar refractivity (Wildman–Crippen MR) is 99.5 cm³/mol. The summed E-state index contributed by atoms with van der Waals surface area (Å²) >= 11 is 0. The number of amides is 1. The fourth-order valence-electron chi connectivity index (χ4n) is 3.20. The first kappa shape index (κ1) is 25.4. The number of aliphatic carboxylic acids is 1. The van der Waals surface area contributed by atoms with Crippen LogP contribution in [-0.4, -0.2) is 40.3 Å². The van der Waals surface area contributed by atoms with Gasteiger partial charge in [0.2, 0.25) is 5.91 Å². The number of carboxylic acids is 1. The van der Waals surface area contributed by atoms with Gasteiger partial charge in [-0.3, -0.25) is 14.4 Å². The van der Waals surface area contributed by atoms with Gasteiger partial charge in [-0.25, -0.2) is 0 Å². The topological polar surface area (TPSA) is 74.7 Å². The monoisotopic (exact) mass is 375 g/mol. The second-order valence-electron chi connectivity index (χ2n) is 6.89. The molecule has 1 aliphatic heterocycles. The number of ketones is 1. The van der Waals surface area contributed by atoms with Gasteiger partial charge in [-0.05, 0) is 38.2 Å². The summed E-state index contributed by atoms with van der Waals surface area (Å²) in [5, 5.41) is 8.63. The van der Waals surface area contributed by atoms with Crippen LogP contribution in [0.5, 0.6) is 0 Å². The molecule has 1 rings (SSSR count). The van der Waals surface area contributed by atoms with Crippen LogP contribution >= 0.6 is 0 Å². The number of hydrogen-bond donors (Lipinski definition) is 1. The summed E-state index contributed by atoms with van der Waals surface area (Å²) < 4.78 is 0. The van der Waals surface area contributed by atoms with Crippen LogP contribution in [0.2, 0.25) is 0 Å². The average molecular weight is 375 g/mol. The number of hydrogen-bond acceptors (Lipinski definition) is 3. The molecule has 1 aliphatic rings. The molecule has 0 aromatic heterocycles. The molecule has 0 saturated carbocycles. The van der Waals surface area contributed by atoms with Crippen LogP contribution < -0.4 is 29.6 Å². The van der Waals surface area contributed by atoms with Crippen LogP contribution in [0.25, 0.3) is 0 Å². The number of piperidine rings is 1. The zero-order valence-corrected chi connectivity index (χ0v) is 18.5. The van der Waals surface area contributed by atoms with E-state index in [9.17, 15) is 14.4 Å². The van der Waals surface area contributed by atoms with Gasteiger partial charge < -0.3 is 11.4 Å². The minimum Gasteiger partial charge on any atom is -1.00 e. The SMILES string of the molecule is CCCCCC(=O)C=C[C@H]1CCCC(=O)N1CCCCCCC(=O)O.[H-].[Na+]. The maximum atomic E-state index is 12.2. The molecular weight excluding hydrogens is 341 g/mol. The third kappa shape index (κ3) is 11.1. The molecule has 0 spiro atoms. The van der Waals surface area contributed by atoms with Crippen LogP contribution in [0.3, 0.4) is 0 Å². The number of likely N-dealkylation sites (tertiary alicyclic amines) is 1. The summed E-state index contributed by atoms with van der Waals surface area (Å²) in [6.45, 7) is 2.82. The van der Waals surface area contributed by atoms with Crippen LogP contribution in [-0.2, 0) is 14.4 Å². The Kier molecular flexibility index (Phi) is 15.0. The fourth-order valence-corrected chi connectivity index (χ4v) is 3.20. The summed E-state index contributed by atoms with van der Waals surface area (Å²) in [5.74, 6) is -0.426. The van der Waals surface area contributed by atoms with E-state index in [1.807, 2.05) is 11.0 Å². The van der Waals surface area contributed by atoms with Crippen molar-refractivity contribution in [2.24, 2.45) is 0 Å². The van der Waals surface area contributed by atoms with Crippen molar-refractivity contribution in [3.05, 3.63) is 12.2 Å². The smallest absolute Gasteiger partial charge is 1.00 e. The van der Waals surface area contributed by atoms with Gasteiger partial charge in [0, 0.05) is 25.8 Å². The first-order valence-corrected chi connectivity index (χ1v) is 9.77. The maximum absolute atomic E-state index is 12.2. The van der Waals surface area contributed by atoms with Crippen LogP contribution in [0.15, 0.2) is 12.2 Å². The number of rotatable bonds is 13. The van der Waals surface area contributed by atoms with Crippen molar-refractivity contribution in [2.45, 2.75) is 90.0 Å². The summed E-state index contributed by atoms with van der Waals surface area (Å²) in [5.41, 5.74) is 0. The zero-order chi connectivity index (χ0) is 18.5. The number of carbonyl (C=O) groups excluding carboxylic acids is 2. The van der Waals surface area contributed by atoms with E-state index >= 15 is 0 Å². The Balaban J connectivity index is 0. The van der Waals surface area contributed by atoms with Crippen molar-refractivity contribution in [3.63, 3.8) is 0 Å². The van der Waals surface area contributed by atoms with Crippen molar-refractivity contribution in [1.29, 1.82) is 0 Å². The number of unbranched alkanes of at least 4 members (excludes halogenated alkanes) is 5. The molecule has 1 heterocycles. The van der Waals surface area contributed by atoms with Gasteiger partial charge in [-0.15, -0.1) is 0 Å². The van der Waals surface area contributed by atoms with E-state index in [0.29, 0.717) is 25.8 Å². The Morgan fingerprint density at radius 3 is 2.54 bits per heavy atom. The maximum Gasteiger partial charge on any atom is 1.00 e. The van der Waals surface area contributed by atoms with Crippen LogP contribution in [0.4, 0.5) is 0 Å². The van der Waals surface area contributed by atoms with E-state index in [4.69, 9.17) is 5.11 Å². The van der Waals surface area contributed by atoms with Gasteiger partial charge in [0.15, 0.2) is 5.78 Å². The Morgan fingerprint density at radius 2 is 1.85 bits per heavy atom. The molecule has 1 saturated heterocycles. The largest absolute Gasteiger partial charge is 1.00 e. The van der Waals surface area contributed by atoms with Crippen molar-refractivity contribution in [3.8, 4) is 0 Å². The predicted octanol–water partition coefficient (Wildman–Crippen LogP) is 1.22. The molecule has 6 heteroatoms. The number of nitrogens with zero attached hydrogens (tertiary/aromatic N) is 1. The normalized spacial score (nSPS) is 17.3. The molecule has 1 fully saturated rings. The first-order valence-electron chi connectivity index (χ1n) is 9.77. The van der Waals surface area contributed by atoms with Gasteiger partial charge in [0.25, 0.3) is 0 Å². The average Bonchev–Trinajstić information content (AvgIpc) is 2.57. The Labute approximate surface area is 181 Å². The second-order valence-corrected chi connectivity index (χ2v) is 6.89. The number of carbonyl (C=O) groups is 3. The molecule has 1 amide bonds. The summed E-state index contributed by atoms with van der Waals surface area (Å²) in [6.07, 6.45) is 13.3. The first-order chi connectivity index (χ1) is 12.0. The number of carboxylic acid groups (broad SMARTS) is 1. The quantitative estimate of drug-likeness (QED) is 0.298.